The number of aliphatic hydroxyl groups is 1. The van der Waals surface area contributed by atoms with Gasteiger partial charge in [-0.15, -0.1) is 23.1 Å². The molecule has 3 fully saturated rings. The van der Waals surface area contributed by atoms with E-state index in [1.807, 2.05) is 74.8 Å². The van der Waals surface area contributed by atoms with Gasteiger partial charge >= 0.3 is 12.4 Å². The fraction of sp³-hybridized carbons (Fsp3) is 0.406. The normalized spacial score (nSPS) is 19.2. The van der Waals surface area contributed by atoms with Crippen molar-refractivity contribution in [2.24, 2.45) is 10.8 Å². The maximum absolute atomic E-state index is 12.3. The van der Waals surface area contributed by atoms with Gasteiger partial charge in [0.15, 0.2) is 0 Å². The van der Waals surface area contributed by atoms with Crippen molar-refractivity contribution >= 4 is 47.3 Å². The minimum Gasteiger partial charge on any atom is -0.651 e. The number of amides is 1. The Morgan fingerprint density at radius 2 is 1.18 bits per heavy atom. The van der Waals surface area contributed by atoms with E-state index in [0.29, 0.717) is 22.8 Å². The second-order valence-corrected chi connectivity index (χ2v) is 25.7. The third-order valence-electron chi connectivity index (χ3n) is 18.2. The van der Waals surface area contributed by atoms with Crippen molar-refractivity contribution in [3.63, 3.8) is 0 Å². The molecule has 20 heteroatoms. The molecule has 0 spiro atoms. The number of rotatable bonds is 9. The zero-order valence-electron chi connectivity index (χ0n) is 50.8. The third kappa shape index (κ3) is 17.3. The van der Waals surface area contributed by atoms with Crippen molar-refractivity contribution in [1.29, 1.82) is 0 Å². The van der Waals surface area contributed by atoms with Gasteiger partial charge in [-0.05, 0) is 180 Å². The number of hydrogen-bond acceptors (Lipinski definition) is 8. The molecule has 6 aromatic rings. The van der Waals surface area contributed by atoms with Crippen molar-refractivity contribution in [2.75, 3.05) is 0 Å². The zero-order valence-corrected chi connectivity index (χ0v) is 58.0. The number of hydrogen-bond donors (Lipinski definition) is 1. The molecule has 3 aliphatic carbocycles. The van der Waals surface area contributed by atoms with Gasteiger partial charge in [-0.25, -0.2) is 0 Å². The Bertz CT molecular complexity index is 3480. The number of benzene rings is 2. The van der Waals surface area contributed by atoms with E-state index in [1.165, 1.54) is 105 Å². The van der Waals surface area contributed by atoms with Crippen molar-refractivity contribution in [1.82, 2.24) is 19.9 Å². The number of fused-ring (bicyclic) bond motifs is 2. The molecule has 1 N–H and O–H groups in total. The van der Waals surface area contributed by atoms with Crippen molar-refractivity contribution in [3.8, 4) is 5.75 Å². The minimum absolute atomic E-state index is 0. The molecule has 12 rings (SSSR count). The van der Waals surface area contributed by atoms with Crippen LogP contribution in [0.5, 0.6) is 5.75 Å². The van der Waals surface area contributed by atoms with E-state index in [9.17, 15) is 31.1 Å². The summed E-state index contributed by atoms with van der Waals surface area (Å²) in [6, 6.07) is 31.9. The van der Waals surface area contributed by atoms with E-state index in [-0.39, 0.29) is 77.4 Å². The summed E-state index contributed by atoms with van der Waals surface area (Å²) in [5, 5.41) is 23.3. The molecule has 3 aliphatic heterocycles. The molecule has 0 bridgehead atoms. The van der Waals surface area contributed by atoms with Crippen LogP contribution < -0.4 is 4.74 Å². The maximum atomic E-state index is 12.3. The SMILES string of the molecule is CC1(C(C)(C)c2ccc3c(c2)SC(=Cc2ccccn2)[N-]3)CCCCC1.CC1(Cc2ccc3c(c2)OC(=Cc2ccccn2)[N-]3)CCCC1.CC1=C(C)C(=Cc2cc(C3(C)CCCC3)ccn2)[N-]C1=O.OC(c1ccccn1)(C(F)(F)F)C(F)(F)F.[Ir].[Ir].[Pd]. The van der Waals surface area contributed by atoms with E-state index >= 15 is 0 Å². The number of alkyl halides is 6. The fourth-order valence-corrected chi connectivity index (χ4v) is 13.2. The van der Waals surface area contributed by atoms with E-state index in [1.54, 1.807) is 18.0 Å². The Hall–Kier alpha value is -5.28. The first-order valence-corrected chi connectivity index (χ1v) is 30.3. The van der Waals surface area contributed by atoms with E-state index in [4.69, 9.17) is 15.2 Å². The molecule has 1 amide bonds. The fourth-order valence-electron chi connectivity index (χ4n) is 12.2. The summed E-state index contributed by atoms with van der Waals surface area (Å²) < 4.78 is 79.6. The number of pyridine rings is 4. The Morgan fingerprint density at radius 3 is 1.75 bits per heavy atom. The number of halogens is 6. The van der Waals surface area contributed by atoms with Gasteiger partial charge in [0, 0.05) is 91.3 Å². The molecule has 0 saturated heterocycles. The second-order valence-electron chi connectivity index (χ2n) is 24.7. The van der Waals surface area contributed by atoms with Crippen molar-refractivity contribution < 1.29 is 102 Å². The molecule has 3 saturated carbocycles. The van der Waals surface area contributed by atoms with Crippen LogP contribution in [0.1, 0.15) is 171 Å². The van der Waals surface area contributed by atoms with Crippen LogP contribution >= 0.6 is 11.8 Å². The predicted molar refractivity (Wildman–Crippen MR) is 329 cm³/mol. The van der Waals surface area contributed by atoms with E-state index in [0.717, 1.165) is 80.8 Å². The molecule has 2 radical (unpaired) electrons. The number of aromatic nitrogens is 4. The molecule has 10 nitrogen and oxygen atoms in total. The predicted octanol–water partition coefficient (Wildman–Crippen LogP) is 19.9. The molecule has 2 aromatic carbocycles. The standard InChI is InChI=1S/C23H27N2S.C20H21N2O.C18H22N2O.C8H5F6NO.2Ir.Pd/c1-22(2,23(3)12-6-4-7-13-23)17-10-11-19-20(15-17)26-21(25-19)16-18-9-5-8-14-24-18;1-20(9-3-4-10-20)14-15-7-8-17-18(12-15)23-19(22-17)13-16-6-2-5-11-21-16;1-12-13(2)17(21)20-16(12)11-15-10-14(6-9-19-15)18(3)7-4-5-8-18;9-7(10,11)6(16,8(12,13)14)5-3-1-2-4-15-5;;;/h5,8-11,14-16H,4,6-7,12-13H2,1-3H3;2,5-8,11-13H,3-4,9-10,14H2,1H3;6,9-11H,4-5,7-8H2,1-3H3,(H,19,20,21);1-4,16H;;;/q2*-1;;;;;/p-1. The van der Waals surface area contributed by atoms with Gasteiger partial charge in [0.2, 0.25) is 0 Å². The molecule has 89 heavy (non-hydrogen) atoms. The molecular weight excluding hydrogens is 1610 g/mol. The average Bonchev–Trinajstić information content (AvgIpc) is 1.48. The Labute approximate surface area is 564 Å². The van der Waals surface area contributed by atoms with Crippen LogP contribution in [0.4, 0.5) is 37.7 Å². The summed E-state index contributed by atoms with van der Waals surface area (Å²) in [7, 11) is 0. The third-order valence-corrected chi connectivity index (χ3v) is 19.2. The quantitative estimate of drug-likeness (QED) is 0.111. The molecule has 482 valence electrons. The molecule has 0 atom stereocenters. The summed E-state index contributed by atoms with van der Waals surface area (Å²) >= 11 is 1.76. The summed E-state index contributed by atoms with van der Waals surface area (Å²) in [4.78, 5) is 28.9. The van der Waals surface area contributed by atoms with Gasteiger partial charge in [0.1, 0.15) is 5.75 Å². The first-order valence-electron chi connectivity index (χ1n) is 29.5. The summed E-state index contributed by atoms with van der Waals surface area (Å²) in [6.07, 6.45) is 18.7. The number of nitrogens with zero attached hydrogens (tertiary/aromatic N) is 7. The average molecular weight is 1690 g/mol. The summed E-state index contributed by atoms with van der Waals surface area (Å²) in [5.74, 6) is 1.35. The number of allylic oxidation sites excluding steroid dienone is 1. The van der Waals surface area contributed by atoms with Gasteiger partial charge in [-0.2, -0.15) is 26.3 Å². The van der Waals surface area contributed by atoms with Gasteiger partial charge < -0.3 is 30.6 Å². The van der Waals surface area contributed by atoms with Gasteiger partial charge in [-0.3, -0.25) is 19.9 Å². The molecule has 7 heterocycles. The van der Waals surface area contributed by atoms with Crippen molar-refractivity contribution in [2.45, 2.75) is 172 Å². The molecule has 4 aromatic heterocycles. The van der Waals surface area contributed by atoms with Crippen LogP contribution in [-0.2, 0) is 88.3 Å². The van der Waals surface area contributed by atoms with Crippen LogP contribution in [0.15, 0.2) is 161 Å². The van der Waals surface area contributed by atoms with E-state index in [2.05, 4.69) is 120 Å². The summed E-state index contributed by atoms with van der Waals surface area (Å²) in [5.41, 5.74) is 6.14. The van der Waals surface area contributed by atoms with Crippen LogP contribution in [0.2, 0.25) is 0 Å². The van der Waals surface area contributed by atoms with Gasteiger partial charge in [0.25, 0.3) is 5.60 Å². The smallest absolute Gasteiger partial charge is 0.432 e. The van der Waals surface area contributed by atoms with Crippen LogP contribution in [0.25, 0.3) is 34.2 Å². The Morgan fingerprint density at radius 1 is 0.607 bits per heavy atom. The zero-order chi connectivity index (χ0) is 61.5. The minimum atomic E-state index is -5.89. The monoisotopic (exact) mass is 1690 g/mol. The first kappa shape index (κ1) is 72.8. The Kier molecular flexibility index (Phi) is 24.9. The number of carbonyl (C=O) groups is 1. The topological polar surface area (TPSA) is 140 Å². The largest absolute Gasteiger partial charge is 0.651 e. The second kappa shape index (κ2) is 30.4. The molecular formula is C69H74F6Ir2N7O3PdS-3. The first-order chi connectivity index (χ1) is 40.8. The number of carbonyl (C=O) groups excluding carboxylic acids is 1. The number of thioether (sulfide) groups is 1. The van der Waals surface area contributed by atoms with E-state index < -0.39 is 23.6 Å². The Balaban J connectivity index is 0.000000190. The maximum Gasteiger partial charge on any atom is 0.432 e. The van der Waals surface area contributed by atoms with Crippen LogP contribution in [-0.4, -0.2) is 43.3 Å². The summed E-state index contributed by atoms with van der Waals surface area (Å²) in [6.45, 7) is 15.9. The van der Waals surface area contributed by atoms with Gasteiger partial charge in [0.05, 0.1) is 28.7 Å². The molecule has 0 unspecified atom stereocenters. The van der Waals surface area contributed by atoms with Crippen molar-refractivity contribution in [3.05, 3.63) is 211 Å². The van der Waals surface area contributed by atoms with Crippen LogP contribution in [0.3, 0.4) is 0 Å². The van der Waals surface area contributed by atoms with Gasteiger partial charge in [-0.1, -0.05) is 144 Å². The molecule has 6 aliphatic rings. The number of ether oxygens (including phenoxy) is 1. The van der Waals surface area contributed by atoms with Crippen LogP contribution in [0, 0.1) is 10.8 Å².